The van der Waals surface area contributed by atoms with Gasteiger partial charge in [0.25, 0.3) is 0 Å². The van der Waals surface area contributed by atoms with Crippen LogP contribution in [0.15, 0.2) is 42.6 Å². The van der Waals surface area contributed by atoms with E-state index in [2.05, 4.69) is 15.3 Å². The number of aromatic nitrogens is 2. The Balaban J connectivity index is 1.90. The molecular formula is C15H14FN3S. The van der Waals surface area contributed by atoms with Crippen molar-refractivity contribution in [2.75, 3.05) is 7.05 Å². The fourth-order valence-electron chi connectivity index (χ4n) is 2.17. The second-order valence-electron chi connectivity index (χ2n) is 4.49. The summed E-state index contributed by atoms with van der Waals surface area (Å²) in [6.45, 7) is 0. The average Bonchev–Trinajstić information content (AvgIpc) is 2.88. The molecule has 2 heterocycles. The van der Waals surface area contributed by atoms with E-state index in [0.29, 0.717) is 12.1 Å². The Labute approximate surface area is 120 Å². The molecule has 0 aliphatic rings. The minimum absolute atomic E-state index is 0.170. The number of hydrogen-bond acceptors (Lipinski definition) is 4. The van der Waals surface area contributed by atoms with E-state index in [0.717, 1.165) is 15.2 Å². The third-order valence-electron chi connectivity index (χ3n) is 3.18. The molecule has 0 saturated heterocycles. The zero-order valence-corrected chi connectivity index (χ0v) is 11.8. The number of likely N-dealkylation sites (N-methyl/N-ethyl adjacent to an activating group) is 1. The molecule has 5 heteroatoms. The molecule has 20 heavy (non-hydrogen) atoms. The molecule has 3 nitrogen and oxygen atoms in total. The van der Waals surface area contributed by atoms with Crippen molar-refractivity contribution in [2.24, 2.45) is 0 Å². The van der Waals surface area contributed by atoms with Crippen molar-refractivity contribution < 1.29 is 4.39 Å². The zero-order valence-electron chi connectivity index (χ0n) is 11.0. The number of nitrogens with zero attached hydrogens (tertiary/aromatic N) is 2. The molecule has 0 aliphatic carbocycles. The molecule has 3 rings (SSSR count). The lowest BCUT2D eigenvalue weighted by atomic mass is 10.1. The van der Waals surface area contributed by atoms with Crippen molar-refractivity contribution in [1.82, 2.24) is 15.3 Å². The number of pyridine rings is 1. The first-order valence-electron chi connectivity index (χ1n) is 6.40. The van der Waals surface area contributed by atoms with Gasteiger partial charge in [0, 0.05) is 12.6 Å². The number of halogens is 1. The van der Waals surface area contributed by atoms with E-state index in [1.807, 2.05) is 31.3 Å². The zero-order chi connectivity index (χ0) is 13.9. The maximum absolute atomic E-state index is 13.8. The Morgan fingerprint density at radius 3 is 2.85 bits per heavy atom. The lowest BCUT2D eigenvalue weighted by Gasteiger charge is -2.14. The Morgan fingerprint density at radius 2 is 2.10 bits per heavy atom. The molecule has 0 bridgehead atoms. The van der Waals surface area contributed by atoms with Crippen LogP contribution in [-0.2, 0) is 6.42 Å². The summed E-state index contributed by atoms with van der Waals surface area (Å²) >= 11 is 1.64. The summed E-state index contributed by atoms with van der Waals surface area (Å²) < 4.78 is 15.0. The van der Waals surface area contributed by atoms with Gasteiger partial charge in [-0.15, -0.1) is 11.3 Å². The number of hydrogen-bond donors (Lipinski definition) is 1. The number of fused-ring (bicyclic) bond motifs is 1. The lowest BCUT2D eigenvalue weighted by Crippen LogP contribution is -2.21. The van der Waals surface area contributed by atoms with Gasteiger partial charge in [0.1, 0.15) is 5.82 Å². The van der Waals surface area contributed by atoms with Gasteiger partial charge in [-0.25, -0.2) is 9.37 Å². The van der Waals surface area contributed by atoms with E-state index in [4.69, 9.17) is 0 Å². The van der Waals surface area contributed by atoms with Gasteiger partial charge in [-0.1, -0.05) is 12.1 Å². The second kappa shape index (κ2) is 5.64. The highest BCUT2D eigenvalue weighted by atomic mass is 32.1. The Bertz CT molecular complexity index is 693. The fourth-order valence-corrected chi connectivity index (χ4v) is 3.18. The Kier molecular flexibility index (Phi) is 3.71. The molecule has 0 amide bonds. The summed E-state index contributed by atoms with van der Waals surface area (Å²) in [4.78, 5) is 8.72. The topological polar surface area (TPSA) is 37.8 Å². The number of nitrogens with one attached hydrogen (secondary N) is 1. The second-order valence-corrected chi connectivity index (χ2v) is 5.61. The van der Waals surface area contributed by atoms with Gasteiger partial charge in [-0.3, -0.25) is 4.98 Å². The summed E-state index contributed by atoms with van der Waals surface area (Å²) in [5, 5.41) is 4.10. The summed E-state index contributed by atoms with van der Waals surface area (Å²) in [6, 6.07) is 10.9. The summed E-state index contributed by atoms with van der Waals surface area (Å²) in [5.41, 5.74) is 1.43. The number of para-hydroxylation sites is 1. The van der Waals surface area contributed by atoms with Crippen LogP contribution in [0.25, 0.3) is 10.2 Å². The minimum atomic E-state index is -0.284. The van der Waals surface area contributed by atoms with Crippen molar-refractivity contribution >= 4 is 21.6 Å². The minimum Gasteiger partial charge on any atom is -0.311 e. The van der Waals surface area contributed by atoms with Crippen molar-refractivity contribution in [3.63, 3.8) is 0 Å². The van der Waals surface area contributed by atoms with Crippen molar-refractivity contribution in [2.45, 2.75) is 12.5 Å². The van der Waals surface area contributed by atoms with Crippen LogP contribution in [0.4, 0.5) is 4.39 Å². The van der Waals surface area contributed by atoms with Crippen LogP contribution < -0.4 is 5.32 Å². The highest BCUT2D eigenvalue weighted by molar-refractivity contribution is 7.18. The predicted molar refractivity (Wildman–Crippen MR) is 79.3 cm³/mol. The molecule has 102 valence electrons. The molecule has 0 radical (unpaired) electrons. The van der Waals surface area contributed by atoms with Gasteiger partial charge in [0.2, 0.25) is 0 Å². The Hall–Kier alpha value is -1.85. The predicted octanol–water partition coefficient (Wildman–Crippen LogP) is 3.33. The van der Waals surface area contributed by atoms with Crippen LogP contribution in [0.2, 0.25) is 0 Å². The first kappa shape index (κ1) is 13.1. The maximum atomic E-state index is 13.8. The number of rotatable bonds is 4. The van der Waals surface area contributed by atoms with E-state index < -0.39 is 0 Å². The third kappa shape index (κ3) is 2.55. The molecule has 0 fully saturated rings. The van der Waals surface area contributed by atoms with Crippen LogP contribution in [-0.4, -0.2) is 17.0 Å². The third-order valence-corrected chi connectivity index (χ3v) is 4.24. The smallest absolute Gasteiger partial charge is 0.146 e. The van der Waals surface area contributed by atoms with Gasteiger partial charge >= 0.3 is 0 Å². The van der Waals surface area contributed by atoms with Crippen molar-refractivity contribution in [1.29, 1.82) is 0 Å². The van der Waals surface area contributed by atoms with Gasteiger partial charge in [-0.05, 0) is 31.3 Å². The normalized spacial score (nSPS) is 12.7. The van der Waals surface area contributed by atoms with E-state index in [-0.39, 0.29) is 11.9 Å². The monoisotopic (exact) mass is 287 g/mol. The largest absolute Gasteiger partial charge is 0.311 e. The first-order chi connectivity index (χ1) is 9.78. The molecular weight excluding hydrogens is 273 g/mol. The van der Waals surface area contributed by atoms with Crippen LogP contribution in [0.3, 0.4) is 0 Å². The highest BCUT2D eigenvalue weighted by Crippen LogP contribution is 2.26. The molecule has 1 atom stereocenters. The van der Waals surface area contributed by atoms with Crippen LogP contribution in [0.1, 0.15) is 16.7 Å². The first-order valence-corrected chi connectivity index (χ1v) is 7.21. The van der Waals surface area contributed by atoms with Crippen molar-refractivity contribution in [3.8, 4) is 0 Å². The number of thiazole rings is 1. The van der Waals surface area contributed by atoms with E-state index >= 15 is 0 Å². The van der Waals surface area contributed by atoms with Crippen molar-refractivity contribution in [3.05, 3.63) is 59.1 Å². The molecule has 1 N–H and O–H groups in total. The highest BCUT2D eigenvalue weighted by Gasteiger charge is 2.17. The lowest BCUT2D eigenvalue weighted by molar-refractivity contribution is 0.516. The molecule has 1 aromatic carbocycles. The SMILES string of the molecule is CNC(Cc1nc2ccccc2s1)c1ncccc1F. The van der Waals surface area contributed by atoms with Gasteiger partial charge < -0.3 is 5.32 Å². The van der Waals surface area contributed by atoms with E-state index in [1.54, 1.807) is 23.6 Å². The molecule has 3 aromatic rings. The van der Waals surface area contributed by atoms with E-state index in [9.17, 15) is 4.39 Å². The summed E-state index contributed by atoms with van der Waals surface area (Å²) in [7, 11) is 1.81. The summed E-state index contributed by atoms with van der Waals surface area (Å²) in [6.07, 6.45) is 2.24. The van der Waals surface area contributed by atoms with Gasteiger partial charge in [-0.2, -0.15) is 0 Å². The van der Waals surface area contributed by atoms with E-state index in [1.165, 1.54) is 6.07 Å². The standard InChI is InChI=1S/C15H14FN3S/c1-17-12(15-10(16)5-4-8-18-15)9-14-19-11-6-2-3-7-13(11)20-14/h2-8,12,17H,9H2,1H3. The molecule has 0 saturated carbocycles. The maximum Gasteiger partial charge on any atom is 0.146 e. The van der Waals surface area contributed by atoms with Crippen LogP contribution in [0, 0.1) is 5.82 Å². The molecule has 0 aliphatic heterocycles. The van der Waals surface area contributed by atoms with Gasteiger partial charge in [0.05, 0.1) is 27.0 Å². The molecule has 2 aromatic heterocycles. The average molecular weight is 287 g/mol. The van der Waals surface area contributed by atoms with Gasteiger partial charge in [0.15, 0.2) is 0 Å². The van der Waals surface area contributed by atoms with Crippen LogP contribution in [0.5, 0.6) is 0 Å². The summed E-state index contributed by atoms with van der Waals surface area (Å²) in [5.74, 6) is -0.284. The fraction of sp³-hybridized carbons (Fsp3) is 0.200. The molecule has 1 unspecified atom stereocenters. The molecule has 0 spiro atoms. The Morgan fingerprint density at radius 1 is 1.25 bits per heavy atom. The quantitative estimate of drug-likeness (QED) is 0.800. The van der Waals surface area contributed by atoms with Crippen LogP contribution >= 0.6 is 11.3 Å². The number of benzene rings is 1.